The molecule has 0 aromatic heterocycles. The van der Waals surface area contributed by atoms with E-state index >= 15 is 0 Å². The van der Waals surface area contributed by atoms with Gasteiger partial charge in [-0.1, -0.05) is 13.8 Å². The Morgan fingerprint density at radius 3 is 2.71 bits per heavy atom. The van der Waals surface area contributed by atoms with Gasteiger partial charge in [-0.25, -0.2) is 0 Å². The maximum Gasteiger partial charge on any atom is 0.241 e. The summed E-state index contributed by atoms with van der Waals surface area (Å²) in [5.41, 5.74) is 1.22. The van der Waals surface area contributed by atoms with Crippen molar-refractivity contribution in [1.29, 1.82) is 5.26 Å². The number of hydrogen-bond acceptors (Lipinski definition) is 4. The number of hydrogen-bond donors (Lipinski definition) is 0. The molecule has 1 aromatic rings. The number of amides is 2. The van der Waals surface area contributed by atoms with Gasteiger partial charge >= 0.3 is 0 Å². The minimum Gasteiger partial charge on any atom is -0.490 e. The van der Waals surface area contributed by atoms with Gasteiger partial charge in [-0.3, -0.25) is 9.59 Å². The van der Waals surface area contributed by atoms with Crippen molar-refractivity contribution in [1.82, 2.24) is 0 Å². The highest BCUT2D eigenvalue weighted by atomic mass is 35.5. The molecule has 0 unspecified atom stereocenters. The van der Waals surface area contributed by atoms with Gasteiger partial charge in [-0.2, -0.15) is 5.26 Å². The fraction of sp³-hybridized carbons (Fsp3) is 0.471. The molecule has 1 heterocycles. The first-order chi connectivity index (χ1) is 11.6. The Bertz CT molecular complexity index is 628. The second-order valence-corrected chi connectivity index (χ2v) is 5.03. The van der Waals surface area contributed by atoms with Crippen molar-refractivity contribution in [2.45, 2.75) is 27.2 Å². The van der Waals surface area contributed by atoms with Crippen molar-refractivity contribution in [2.75, 3.05) is 35.4 Å². The standard InChI is InChI=1S/C15H16ClN3O3.C2H6/c1-11(20)18-7-8-22-14-4-3-12(9-13(14)18)19(6-2-5-17)15(21)10-16;1-2/h3-4,9H,2,6-8,10H2,1H3;1-2H3. The Morgan fingerprint density at radius 1 is 1.42 bits per heavy atom. The summed E-state index contributed by atoms with van der Waals surface area (Å²) >= 11 is 5.63. The smallest absolute Gasteiger partial charge is 0.241 e. The third kappa shape index (κ3) is 4.62. The molecule has 0 spiro atoms. The first-order valence-electron chi connectivity index (χ1n) is 7.86. The van der Waals surface area contributed by atoms with Gasteiger partial charge in [-0.15, -0.1) is 11.6 Å². The van der Waals surface area contributed by atoms with E-state index in [0.717, 1.165) is 0 Å². The van der Waals surface area contributed by atoms with Crippen LogP contribution < -0.4 is 14.5 Å². The fourth-order valence-corrected chi connectivity index (χ4v) is 2.48. The lowest BCUT2D eigenvalue weighted by atomic mass is 10.2. The maximum absolute atomic E-state index is 12.0. The normalized spacial score (nSPS) is 12.0. The molecule has 0 saturated heterocycles. The monoisotopic (exact) mass is 351 g/mol. The molecule has 1 aromatic carbocycles. The van der Waals surface area contributed by atoms with E-state index < -0.39 is 0 Å². The number of alkyl halides is 1. The van der Waals surface area contributed by atoms with E-state index in [4.69, 9.17) is 21.6 Å². The van der Waals surface area contributed by atoms with E-state index in [9.17, 15) is 9.59 Å². The molecule has 130 valence electrons. The highest BCUT2D eigenvalue weighted by Crippen LogP contribution is 2.35. The molecule has 1 aliphatic heterocycles. The molecular weight excluding hydrogens is 330 g/mol. The second kappa shape index (κ2) is 9.78. The molecule has 1 aliphatic rings. The molecule has 2 rings (SSSR count). The van der Waals surface area contributed by atoms with Crippen LogP contribution in [0.1, 0.15) is 27.2 Å². The molecule has 7 heteroatoms. The van der Waals surface area contributed by atoms with Crippen LogP contribution in [-0.4, -0.2) is 37.4 Å². The molecule has 0 N–H and O–H groups in total. The Balaban J connectivity index is 0.00000139. The quantitative estimate of drug-likeness (QED) is 0.782. The highest BCUT2D eigenvalue weighted by molar-refractivity contribution is 6.29. The van der Waals surface area contributed by atoms with Crippen molar-refractivity contribution in [3.8, 4) is 11.8 Å². The van der Waals surface area contributed by atoms with Crippen LogP contribution in [0.5, 0.6) is 5.75 Å². The van der Waals surface area contributed by atoms with Gasteiger partial charge in [0.15, 0.2) is 0 Å². The fourth-order valence-electron chi connectivity index (χ4n) is 2.33. The molecule has 24 heavy (non-hydrogen) atoms. The summed E-state index contributed by atoms with van der Waals surface area (Å²) < 4.78 is 5.53. The van der Waals surface area contributed by atoms with Crippen molar-refractivity contribution in [3.63, 3.8) is 0 Å². The van der Waals surface area contributed by atoms with Gasteiger partial charge in [0.1, 0.15) is 18.2 Å². The van der Waals surface area contributed by atoms with E-state index in [2.05, 4.69) is 0 Å². The number of ether oxygens (including phenoxy) is 1. The maximum atomic E-state index is 12.0. The van der Waals surface area contributed by atoms with E-state index in [1.54, 1.807) is 23.1 Å². The second-order valence-electron chi connectivity index (χ2n) is 4.76. The molecule has 6 nitrogen and oxygen atoms in total. The van der Waals surface area contributed by atoms with Crippen molar-refractivity contribution < 1.29 is 14.3 Å². The lowest BCUT2D eigenvalue weighted by Gasteiger charge is -2.30. The summed E-state index contributed by atoms with van der Waals surface area (Å²) in [7, 11) is 0. The minimum atomic E-state index is -0.289. The molecule has 0 saturated carbocycles. The number of rotatable bonds is 4. The lowest BCUT2D eigenvalue weighted by molar-refractivity contribution is -0.117. The Hall–Kier alpha value is -2.26. The van der Waals surface area contributed by atoms with Crippen molar-refractivity contribution >= 4 is 34.8 Å². The molecule has 2 amide bonds. The number of carbonyl (C=O) groups excluding carboxylic acids is 2. The first-order valence-corrected chi connectivity index (χ1v) is 8.40. The highest BCUT2D eigenvalue weighted by Gasteiger charge is 2.23. The van der Waals surface area contributed by atoms with Crippen molar-refractivity contribution in [3.05, 3.63) is 18.2 Å². The average Bonchev–Trinajstić information content (AvgIpc) is 2.62. The summed E-state index contributed by atoms with van der Waals surface area (Å²) in [4.78, 5) is 26.8. The Kier molecular flexibility index (Phi) is 8.07. The third-order valence-electron chi connectivity index (χ3n) is 3.36. The zero-order valence-electron chi connectivity index (χ0n) is 14.2. The topological polar surface area (TPSA) is 73.6 Å². The largest absolute Gasteiger partial charge is 0.490 e. The predicted octanol–water partition coefficient (Wildman–Crippen LogP) is 2.94. The molecule has 0 aliphatic carbocycles. The van der Waals surface area contributed by atoms with Crippen LogP contribution in [0.15, 0.2) is 18.2 Å². The number of anilines is 2. The van der Waals surface area contributed by atoms with E-state index in [1.807, 2.05) is 19.9 Å². The van der Waals surface area contributed by atoms with Gasteiger partial charge in [-0.05, 0) is 18.2 Å². The van der Waals surface area contributed by atoms with Gasteiger partial charge in [0, 0.05) is 19.2 Å². The summed E-state index contributed by atoms with van der Waals surface area (Å²) in [5.74, 6) is 0.0516. The zero-order chi connectivity index (χ0) is 18.1. The van der Waals surface area contributed by atoms with Crippen LogP contribution in [0.2, 0.25) is 0 Å². The van der Waals surface area contributed by atoms with E-state index in [1.165, 1.54) is 11.8 Å². The molecule has 0 fully saturated rings. The van der Waals surface area contributed by atoms with Crippen LogP contribution in [-0.2, 0) is 9.59 Å². The summed E-state index contributed by atoms with van der Waals surface area (Å²) in [6.07, 6.45) is 0.201. The Labute approximate surface area is 147 Å². The third-order valence-corrected chi connectivity index (χ3v) is 3.59. The van der Waals surface area contributed by atoms with Gasteiger partial charge in [0.05, 0.1) is 24.7 Å². The predicted molar refractivity (Wildman–Crippen MR) is 94.6 cm³/mol. The summed E-state index contributed by atoms with van der Waals surface area (Å²) in [5, 5.41) is 8.73. The summed E-state index contributed by atoms with van der Waals surface area (Å²) in [6.45, 7) is 6.64. The SMILES string of the molecule is CC.CC(=O)N1CCOc2ccc(N(CCC#N)C(=O)CCl)cc21. The zero-order valence-corrected chi connectivity index (χ0v) is 15.0. The minimum absolute atomic E-state index is 0.0889. The van der Waals surface area contributed by atoms with Crippen LogP contribution in [0.3, 0.4) is 0 Å². The van der Waals surface area contributed by atoms with Crippen molar-refractivity contribution in [2.24, 2.45) is 0 Å². The number of benzene rings is 1. The van der Waals surface area contributed by atoms with Gasteiger partial charge < -0.3 is 14.5 Å². The average molecular weight is 352 g/mol. The number of nitriles is 1. The molecule has 0 radical (unpaired) electrons. The summed E-state index contributed by atoms with van der Waals surface area (Å²) in [6, 6.07) is 7.18. The lowest BCUT2D eigenvalue weighted by Crippen LogP contribution is -2.37. The van der Waals surface area contributed by atoms with Crippen LogP contribution >= 0.6 is 11.6 Å². The number of nitrogens with zero attached hydrogens (tertiary/aromatic N) is 3. The number of carbonyl (C=O) groups is 2. The number of halogens is 1. The van der Waals surface area contributed by atoms with Crippen LogP contribution in [0.25, 0.3) is 0 Å². The number of fused-ring (bicyclic) bond motifs is 1. The van der Waals surface area contributed by atoms with Gasteiger partial charge in [0.2, 0.25) is 11.8 Å². The van der Waals surface area contributed by atoms with Crippen LogP contribution in [0.4, 0.5) is 11.4 Å². The Morgan fingerprint density at radius 2 is 2.12 bits per heavy atom. The van der Waals surface area contributed by atoms with E-state index in [-0.39, 0.29) is 30.7 Å². The molecule has 0 atom stereocenters. The van der Waals surface area contributed by atoms with Gasteiger partial charge in [0.25, 0.3) is 0 Å². The molecule has 0 bridgehead atoms. The van der Waals surface area contributed by atoms with E-state index in [0.29, 0.717) is 30.3 Å². The first kappa shape index (κ1) is 19.8. The molecular formula is C17H22ClN3O3. The van der Waals surface area contributed by atoms with Crippen LogP contribution in [0, 0.1) is 11.3 Å².